The van der Waals surface area contributed by atoms with E-state index in [1.165, 1.54) is 9.87 Å². The highest BCUT2D eigenvalue weighted by Gasteiger charge is 2.26. The molecule has 0 fully saturated rings. The molecule has 0 aliphatic carbocycles. The van der Waals surface area contributed by atoms with E-state index in [9.17, 15) is 13.2 Å². The zero-order chi connectivity index (χ0) is 20.8. The van der Waals surface area contributed by atoms with Crippen molar-refractivity contribution in [2.24, 2.45) is 0 Å². The zero-order valence-corrected chi connectivity index (χ0v) is 17.7. The molecule has 3 aromatic rings. The predicted molar refractivity (Wildman–Crippen MR) is 117 cm³/mol. The van der Waals surface area contributed by atoms with Crippen LogP contribution in [0, 0.1) is 13.8 Å². The number of hydrogen-bond donors (Lipinski definition) is 2. The lowest BCUT2D eigenvalue weighted by molar-refractivity contribution is 0.102. The van der Waals surface area contributed by atoms with Crippen molar-refractivity contribution in [2.75, 3.05) is 21.9 Å². The van der Waals surface area contributed by atoms with Crippen molar-refractivity contribution < 1.29 is 13.2 Å². The Labute approximate surface area is 171 Å². The SMILES string of the molecule is CCS(=O)(=O)N1CCCc2ccc(NC(=O)c3cc4c(C)c(C)ccc4[nH]3)cc21. The van der Waals surface area contributed by atoms with Gasteiger partial charge in [-0.1, -0.05) is 12.1 Å². The summed E-state index contributed by atoms with van der Waals surface area (Å²) in [4.78, 5) is 16.0. The van der Waals surface area contributed by atoms with Crippen LogP contribution in [0.15, 0.2) is 36.4 Å². The highest BCUT2D eigenvalue weighted by Crippen LogP contribution is 2.32. The van der Waals surface area contributed by atoms with Crippen LogP contribution in [0.3, 0.4) is 0 Å². The Morgan fingerprint density at radius 2 is 1.97 bits per heavy atom. The maximum atomic E-state index is 12.8. The molecule has 0 saturated carbocycles. The number of rotatable bonds is 4. The maximum absolute atomic E-state index is 12.8. The number of fused-ring (bicyclic) bond motifs is 2. The Hall–Kier alpha value is -2.80. The number of sulfonamides is 1. The van der Waals surface area contributed by atoms with E-state index in [1.807, 2.05) is 44.2 Å². The molecular weight excluding hydrogens is 386 g/mol. The molecule has 6 nitrogen and oxygen atoms in total. The number of aryl methyl sites for hydroxylation is 3. The molecule has 1 aliphatic rings. The van der Waals surface area contributed by atoms with Gasteiger partial charge in [0.1, 0.15) is 5.69 Å². The minimum absolute atomic E-state index is 0.0524. The number of aromatic amines is 1. The summed E-state index contributed by atoms with van der Waals surface area (Å²) in [6, 6.07) is 11.4. The first-order valence-corrected chi connectivity index (χ1v) is 11.4. The van der Waals surface area contributed by atoms with Gasteiger partial charge in [-0.2, -0.15) is 0 Å². The third kappa shape index (κ3) is 3.51. The van der Waals surface area contributed by atoms with Crippen molar-refractivity contribution in [3.05, 3.63) is 58.8 Å². The Kier molecular flexibility index (Phi) is 4.86. The number of amides is 1. The van der Waals surface area contributed by atoms with Gasteiger partial charge in [0.25, 0.3) is 5.91 Å². The van der Waals surface area contributed by atoms with Crippen LogP contribution >= 0.6 is 0 Å². The topological polar surface area (TPSA) is 82.3 Å². The fraction of sp³-hybridized carbons (Fsp3) is 0.318. The fourth-order valence-corrected chi connectivity index (χ4v) is 5.03. The minimum Gasteiger partial charge on any atom is -0.351 e. The summed E-state index contributed by atoms with van der Waals surface area (Å²) in [5, 5.41) is 3.93. The van der Waals surface area contributed by atoms with E-state index in [1.54, 1.807) is 13.0 Å². The van der Waals surface area contributed by atoms with Crippen LogP contribution in [-0.4, -0.2) is 31.6 Å². The Bertz CT molecular complexity index is 1210. The standard InChI is InChI=1S/C22H25N3O3S/c1-4-29(27,28)25-11-5-6-16-8-9-17(12-21(16)25)23-22(26)20-13-18-15(3)14(2)7-10-19(18)24-20/h7-10,12-13,24H,4-6,11H2,1-3H3,(H,23,26). The number of anilines is 2. The number of H-pyrrole nitrogens is 1. The van der Waals surface area contributed by atoms with E-state index in [0.29, 0.717) is 23.6 Å². The number of nitrogens with one attached hydrogen (secondary N) is 2. The van der Waals surface area contributed by atoms with E-state index in [-0.39, 0.29) is 11.7 Å². The molecule has 0 unspecified atom stereocenters. The molecule has 1 amide bonds. The van der Waals surface area contributed by atoms with Gasteiger partial charge in [-0.25, -0.2) is 8.42 Å². The highest BCUT2D eigenvalue weighted by atomic mass is 32.2. The first kappa shape index (κ1) is 19.5. The average Bonchev–Trinajstić information content (AvgIpc) is 3.15. The molecule has 0 spiro atoms. The van der Waals surface area contributed by atoms with E-state index in [4.69, 9.17) is 0 Å². The number of carbonyl (C=O) groups excluding carboxylic acids is 1. The summed E-state index contributed by atoms with van der Waals surface area (Å²) in [5.74, 6) is -0.199. The second kappa shape index (κ2) is 7.22. The summed E-state index contributed by atoms with van der Waals surface area (Å²) < 4.78 is 26.4. The summed E-state index contributed by atoms with van der Waals surface area (Å²) in [5.41, 5.74) is 5.95. The lowest BCUT2D eigenvalue weighted by atomic mass is 10.0. The molecule has 1 aromatic heterocycles. The van der Waals surface area contributed by atoms with E-state index in [0.717, 1.165) is 34.9 Å². The van der Waals surface area contributed by atoms with Gasteiger partial charge in [0.15, 0.2) is 0 Å². The maximum Gasteiger partial charge on any atom is 0.272 e. The highest BCUT2D eigenvalue weighted by molar-refractivity contribution is 7.92. The Morgan fingerprint density at radius 3 is 2.72 bits per heavy atom. The first-order valence-electron chi connectivity index (χ1n) is 9.84. The molecule has 2 heterocycles. The van der Waals surface area contributed by atoms with Crippen LogP contribution in [0.5, 0.6) is 0 Å². The fourth-order valence-electron chi connectivity index (χ4n) is 3.84. The smallest absolute Gasteiger partial charge is 0.272 e. The van der Waals surface area contributed by atoms with Crippen LogP contribution < -0.4 is 9.62 Å². The second-order valence-corrected chi connectivity index (χ2v) is 9.71. The van der Waals surface area contributed by atoms with Crippen LogP contribution in [0.1, 0.15) is 40.5 Å². The third-order valence-corrected chi connectivity index (χ3v) is 7.49. The van der Waals surface area contributed by atoms with Crippen molar-refractivity contribution in [3.8, 4) is 0 Å². The molecule has 0 atom stereocenters. The van der Waals surface area contributed by atoms with Gasteiger partial charge in [0.2, 0.25) is 10.0 Å². The van der Waals surface area contributed by atoms with E-state index in [2.05, 4.69) is 10.3 Å². The first-order chi connectivity index (χ1) is 13.8. The van der Waals surface area contributed by atoms with Crippen molar-refractivity contribution in [1.29, 1.82) is 0 Å². The Morgan fingerprint density at radius 1 is 1.17 bits per heavy atom. The number of carbonyl (C=O) groups is 1. The van der Waals surface area contributed by atoms with Crippen molar-refractivity contribution in [2.45, 2.75) is 33.6 Å². The third-order valence-electron chi connectivity index (χ3n) is 5.71. The normalized spacial score (nSPS) is 14.1. The number of benzene rings is 2. The van der Waals surface area contributed by atoms with Crippen molar-refractivity contribution >= 4 is 38.2 Å². The molecule has 0 bridgehead atoms. The molecule has 1 aliphatic heterocycles. The molecule has 152 valence electrons. The molecule has 4 rings (SSSR count). The van der Waals surface area contributed by atoms with Gasteiger partial charge in [-0.05, 0) is 74.6 Å². The van der Waals surface area contributed by atoms with E-state index >= 15 is 0 Å². The van der Waals surface area contributed by atoms with Crippen molar-refractivity contribution in [1.82, 2.24) is 4.98 Å². The summed E-state index contributed by atoms with van der Waals surface area (Å²) in [7, 11) is -3.34. The van der Waals surface area contributed by atoms with Crippen LogP contribution in [0.4, 0.5) is 11.4 Å². The van der Waals surface area contributed by atoms with Gasteiger partial charge in [-0.3, -0.25) is 9.10 Å². The molecule has 7 heteroatoms. The van der Waals surface area contributed by atoms with Crippen LogP contribution in [0.2, 0.25) is 0 Å². The number of nitrogens with zero attached hydrogens (tertiary/aromatic N) is 1. The molecule has 2 N–H and O–H groups in total. The van der Waals surface area contributed by atoms with Crippen LogP contribution in [-0.2, 0) is 16.4 Å². The van der Waals surface area contributed by atoms with Gasteiger partial charge in [-0.15, -0.1) is 0 Å². The summed E-state index contributed by atoms with van der Waals surface area (Å²) in [6.07, 6.45) is 1.63. The molecule has 2 aromatic carbocycles. The quantitative estimate of drug-likeness (QED) is 0.677. The summed E-state index contributed by atoms with van der Waals surface area (Å²) in [6.45, 7) is 6.21. The average molecular weight is 412 g/mol. The molecule has 0 radical (unpaired) electrons. The predicted octanol–water partition coefficient (Wildman–Crippen LogP) is 4.14. The largest absolute Gasteiger partial charge is 0.351 e. The van der Waals surface area contributed by atoms with Gasteiger partial charge in [0.05, 0.1) is 11.4 Å². The van der Waals surface area contributed by atoms with Crippen LogP contribution in [0.25, 0.3) is 10.9 Å². The van der Waals surface area contributed by atoms with Gasteiger partial charge < -0.3 is 10.3 Å². The lowest BCUT2D eigenvalue weighted by Gasteiger charge is -2.30. The van der Waals surface area contributed by atoms with Gasteiger partial charge >= 0.3 is 0 Å². The number of aromatic nitrogens is 1. The summed E-state index contributed by atoms with van der Waals surface area (Å²) >= 11 is 0. The number of hydrogen-bond acceptors (Lipinski definition) is 3. The molecule has 29 heavy (non-hydrogen) atoms. The Balaban J connectivity index is 1.64. The minimum atomic E-state index is -3.34. The van der Waals surface area contributed by atoms with E-state index < -0.39 is 10.0 Å². The lowest BCUT2D eigenvalue weighted by Crippen LogP contribution is -2.36. The molecular formula is C22H25N3O3S. The molecule has 0 saturated heterocycles. The second-order valence-electron chi connectivity index (χ2n) is 7.53. The zero-order valence-electron chi connectivity index (χ0n) is 16.9. The van der Waals surface area contributed by atoms with Crippen molar-refractivity contribution in [3.63, 3.8) is 0 Å². The van der Waals surface area contributed by atoms with Gasteiger partial charge in [0, 0.05) is 23.1 Å². The monoisotopic (exact) mass is 411 g/mol.